The lowest BCUT2D eigenvalue weighted by molar-refractivity contribution is -0.122. The van der Waals surface area contributed by atoms with E-state index in [1.165, 1.54) is 20.3 Å². The number of amides is 4. The number of hydrogen-bond acceptors (Lipinski definition) is 5. The van der Waals surface area contributed by atoms with Gasteiger partial charge in [-0.3, -0.25) is 14.9 Å². The number of urea groups is 1. The molecule has 3 rings (SSSR count). The molecule has 0 unspecified atom stereocenters. The fraction of sp³-hybridized carbons (Fsp3) is 0.150. The van der Waals surface area contributed by atoms with Crippen LogP contribution in [0.4, 0.5) is 10.5 Å². The molecule has 2 aromatic carbocycles. The lowest BCUT2D eigenvalue weighted by atomic mass is 10.0. The maximum atomic E-state index is 13.0. The summed E-state index contributed by atoms with van der Waals surface area (Å²) in [7, 11) is 2.94. The van der Waals surface area contributed by atoms with Crippen LogP contribution in [0.3, 0.4) is 0 Å². The first kappa shape index (κ1) is 19.6. The van der Waals surface area contributed by atoms with Crippen LogP contribution >= 0.6 is 15.9 Å². The summed E-state index contributed by atoms with van der Waals surface area (Å²) in [5, 5.41) is 2.21. The second-order valence-corrected chi connectivity index (χ2v) is 6.89. The summed E-state index contributed by atoms with van der Waals surface area (Å²) >= 11 is 3.37. The number of carbonyl (C=O) groups excluding carboxylic acids is 3. The van der Waals surface area contributed by atoms with E-state index in [1.54, 1.807) is 43.3 Å². The van der Waals surface area contributed by atoms with Crippen molar-refractivity contribution in [2.75, 3.05) is 19.1 Å². The number of aryl methyl sites for hydroxylation is 1. The minimum atomic E-state index is -0.791. The van der Waals surface area contributed by atoms with Crippen LogP contribution in [0.1, 0.15) is 11.1 Å². The van der Waals surface area contributed by atoms with E-state index in [9.17, 15) is 14.4 Å². The Bertz CT molecular complexity index is 1020. The van der Waals surface area contributed by atoms with Crippen molar-refractivity contribution in [1.29, 1.82) is 0 Å². The first-order valence-electron chi connectivity index (χ1n) is 8.26. The molecule has 0 aromatic heterocycles. The monoisotopic (exact) mass is 444 g/mol. The van der Waals surface area contributed by atoms with Crippen LogP contribution in [-0.4, -0.2) is 32.1 Å². The van der Waals surface area contributed by atoms with Crippen molar-refractivity contribution in [3.63, 3.8) is 0 Å². The Hall–Kier alpha value is -3.13. The van der Waals surface area contributed by atoms with Gasteiger partial charge in [-0.05, 0) is 36.8 Å². The van der Waals surface area contributed by atoms with Crippen LogP contribution in [0.5, 0.6) is 11.5 Å². The Labute approximate surface area is 170 Å². The van der Waals surface area contributed by atoms with E-state index in [1.807, 2.05) is 0 Å². The highest BCUT2D eigenvalue weighted by atomic mass is 79.9. The van der Waals surface area contributed by atoms with Crippen molar-refractivity contribution >= 4 is 45.5 Å². The van der Waals surface area contributed by atoms with Crippen LogP contribution < -0.4 is 19.7 Å². The number of barbiturate groups is 1. The quantitative estimate of drug-likeness (QED) is 0.576. The molecular formula is C20H17BrN2O5. The van der Waals surface area contributed by atoms with E-state index < -0.39 is 17.8 Å². The molecule has 7 nitrogen and oxygen atoms in total. The normalized spacial score (nSPS) is 15.6. The topological polar surface area (TPSA) is 84.9 Å². The number of halogens is 1. The van der Waals surface area contributed by atoms with Gasteiger partial charge in [0, 0.05) is 10.0 Å². The van der Waals surface area contributed by atoms with Gasteiger partial charge in [-0.2, -0.15) is 0 Å². The maximum absolute atomic E-state index is 13.0. The van der Waals surface area contributed by atoms with Gasteiger partial charge in [0.1, 0.15) is 5.57 Å². The van der Waals surface area contributed by atoms with E-state index in [0.717, 1.165) is 10.5 Å². The molecule has 0 saturated carbocycles. The first-order chi connectivity index (χ1) is 13.4. The molecule has 0 spiro atoms. The summed E-state index contributed by atoms with van der Waals surface area (Å²) < 4.78 is 11.3. The second-order valence-electron chi connectivity index (χ2n) is 5.97. The fourth-order valence-electron chi connectivity index (χ4n) is 2.91. The Balaban J connectivity index is 2.13. The fourth-order valence-corrected chi connectivity index (χ4v) is 3.37. The molecular weight excluding hydrogens is 428 g/mol. The summed E-state index contributed by atoms with van der Waals surface area (Å²) in [5.41, 5.74) is 1.39. The molecule has 1 fully saturated rings. The minimum Gasteiger partial charge on any atom is -0.493 e. The molecule has 1 aliphatic heterocycles. The van der Waals surface area contributed by atoms with E-state index >= 15 is 0 Å². The summed E-state index contributed by atoms with van der Waals surface area (Å²) in [4.78, 5) is 38.7. The smallest absolute Gasteiger partial charge is 0.335 e. The zero-order valence-electron chi connectivity index (χ0n) is 15.4. The summed E-state index contributed by atoms with van der Waals surface area (Å²) in [6, 6.07) is 9.52. The Morgan fingerprint density at radius 2 is 1.79 bits per heavy atom. The molecule has 0 atom stereocenters. The number of carbonyl (C=O) groups is 3. The number of methoxy groups -OCH3 is 2. The van der Waals surface area contributed by atoms with Gasteiger partial charge >= 0.3 is 6.03 Å². The minimum absolute atomic E-state index is 0.193. The molecule has 144 valence electrons. The number of nitrogens with one attached hydrogen (secondary N) is 1. The molecule has 28 heavy (non-hydrogen) atoms. The highest BCUT2D eigenvalue weighted by Gasteiger charge is 2.37. The van der Waals surface area contributed by atoms with Gasteiger partial charge in [0.2, 0.25) is 0 Å². The van der Waals surface area contributed by atoms with Crippen molar-refractivity contribution in [2.24, 2.45) is 0 Å². The van der Waals surface area contributed by atoms with Gasteiger partial charge in [0.05, 0.1) is 19.9 Å². The SMILES string of the molecule is COc1cc(Br)cc(/C=C2\C(=O)NC(=O)N(c3ccccc3C)C2=O)c1OC. The average molecular weight is 445 g/mol. The second kappa shape index (κ2) is 7.85. The lowest BCUT2D eigenvalue weighted by Crippen LogP contribution is -2.54. The largest absolute Gasteiger partial charge is 0.493 e. The van der Waals surface area contributed by atoms with E-state index in [4.69, 9.17) is 9.47 Å². The molecule has 1 heterocycles. The third kappa shape index (κ3) is 3.50. The van der Waals surface area contributed by atoms with Crippen molar-refractivity contribution in [3.8, 4) is 11.5 Å². The molecule has 1 aliphatic rings. The van der Waals surface area contributed by atoms with Gasteiger partial charge in [0.15, 0.2) is 11.5 Å². The number of rotatable bonds is 4. The Morgan fingerprint density at radius 3 is 2.43 bits per heavy atom. The Morgan fingerprint density at radius 1 is 1.07 bits per heavy atom. The summed E-state index contributed by atoms with van der Waals surface area (Å²) in [6.07, 6.45) is 1.38. The maximum Gasteiger partial charge on any atom is 0.335 e. The molecule has 0 radical (unpaired) electrons. The van der Waals surface area contributed by atoms with Crippen LogP contribution in [0.15, 0.2) is 46.4 Å². The van der Waals surface area contributed by atoms with E-state index in [-0.39, 0.29) is 5.57 Å². The average Bonchev–Trinajstić information content (AvgIpc) is 2.66. The van der Waals surface area contributed by atoms with Crippen molar-refractivity contribution in [3.05, 3.63) is 57.6 Å². The number of imide groups is 2. The van der Waals surface area contributed by atoms with Crippen LogP contribution in [0, 0.1) is 6.92 Å². The summed E-state index contributed by atoms with van der Waals surface area (Å²) in [6.45, 7) is 1.78. The van der Waals surface area contributed by atoms with Gasteiger partial charge in [-0.1, -0.05) is 34.1 Å². The molecule has 0 bridgehead atoms. The zero-order chi connectivity index (χ0) is 20.4. The Kier molecular flexibility index (Phi) is 5.51. The zero-order valence-corrected chi connectivity index (χ0v) is 17.0. The number of anilines is 1. The summed E-state index contributed by atoms with van der Waals surface area (Å²) in [5.74, 6) is -0.706. The molecule has 1 N–H and O–H groups in total. The van der Waals surface area contributed by atoms with E-state index in [2.05, 4.69) is 21.2 Å². The highest BCUT2D eigenvalue weighted by Crippen LogP contribution is 2.36. The number of hydrogen-bond donors (Lipinski definition) is 1. The van der Waals surface area contributed by atoms with Crippen molar-refractivity contribution in [1.82, 2.24) is 5.32 Å². The molecule has 1 saturated heterocycles. The molecule has 2 aromatic rings. The molecule has 0 aliphatic carbocycles. The number of ether oxygens (including phenoxy) is 2. The van der Waals surface area contributed by atoms with Gasteiger partial charge < -0.3 is 9.47 Å². The molecule has 4 amide bonds. The van der Waals surface area contributed by atoms with Crippen LogP contribution in [0.25, 0.3) is 6.08 Å². The van der Waals surface area contributed by atoms with Crippen LogP contribution in [0.2, 0.25) is 0 Å². The lowest BCUT2D eigenvalue weighted by Gasteiger charge is -2.27. The predicted molar refractivity (Wildman–Crippen MR) is 107 cm³/mol. The predicted octanol–water partition coefficient (Wildman–Crippen LogP) is 3.44. The number of nitrogens with zero attached hydrogens (tertiary/aromatic N) is 1. The van der Waals surface area contributed by atoms with Gasteiger partial charge in [-0.25, -0.2) is 9.69 Å². The molecule has 8 heteroatoms. The highest BCUT2D eigenvalue weighted by molar-refractivity contribution is 9.10. The van der Waals surface area contributed by atoms with E-state index in [0.29, 0.717) is 27.2 Å². The van der Waals surface area contributed by atoms with Crippen molar-refractivity contribution in [2.45, 2.75) is 6.92 Å². The third-order valence-electron chi connectivity index (χ3n) is 4.23. The first-order valence-corrected chi connectivity index (χ1v) is 9.05. The third-order valence-corrected chi connectivity index (χ3v) is 4.69. The number of benzene rings is 2. The number of para-hydroxylation sites is 1. The van der Waals surface area contributed by atoms with Gasteiger partial charge in [0.25, 0.3) is 11.8 Å². The standard InChI is InChI=1S/C20H17BrN2O5/c1-11-6-4-5-7-15(11)23-19(25)14(18(24)22-20(23)26)9-12-8-13(21)10-16(27-2)17(12)28-3/h4-10H,1-3H3,(H,22,24,26)/b14-9+. The van der Waals surface area contributed by atoms with Crippen molar-refractivity contribution < 1.29 is 23.9 Å². The van der Waals surface area contributed by atoms with Crippen LogP contribution in [-0.2, 0) is 9.59 Å². The van der Waals surface area contributed by atoms with Gasteiger partial charge in [-0.15, -0.1) is 0 Å².